The molecule has 9 heteroatoms. The van der Waals surface area contributed by atoms with Gasteiger partial charge >= 0.3 is 0 Å². The maximum Gasteiger partial charge on any atom is 0.240 e. The number of H-pyrrole nitrogens is 2. The van der Waals surface area contributed by atoms with E-state index in [-0.39, 0.29) is 41.1 Å². The van der Waals surface area contributed by atoms with Gasteiger partial charge in [0, 0.05) is 24.6 Å². The average Bonchev–Trinajstić information content (AvgIpc) is 4.11. The topological polar surface area (TPSA) is 124 Å². The van der Waals surface area contributed by atoms with Crippen LogP contribution < -0.4 is 5.73 Å². The van der Waals surface area contributed by atoms with Crippen molar-refractivity contribution < 1.29 is 9.59 Å². The molecule has 1 saturated carbocycles. The van der Waals surface area contributed by atoms with E-state index < -0.39 is 6.04 Å². The molecule has 5 aliphatic rings. The average molecular weight is 806 g/mol. The van der Waals surface area contributed by atoms with Crippen LogP contribution in [0.1, 0.15) is 145 Å². The third kappa shape index (κ3) is 6.44. The van der Waals surface area contributed by atoms with Crippen molar-refractivity contribution in [3.05, 3.63) is 82.6 Å². The summed E-state index contributed by atoms with van der Waals surface area (Å²) in [7, 11) is 0. The van der Waals surface area contributed by atoms with Gasteiger partial charge in [-0.1, -0.05) is 77.8 Å². The number of nitrogens with zero attached hydrogens (tertiary/aromatic N) is 4. The van der Waals surface area contributed by atoms with Crippen molar-refractivity contribution in [2.24, 2.45) is 23.5 Å². The summed E-state index contributed by atoms with van der Waals surface area (Å²) in [6.07, 6.45) is 16.6. The molecule has 60 heavy (non-hydrogen) atoms. The van der Waals surface area contributed by atoms with E-state index in [2.05, 4.69) is 78.1 Å². The highest BCUT2D eigenvalue weighted by Crippen LogP contribution is 2.56. The molecule has 9 nitrogen and oxygen atoms in total. The molecule has 0 bridgehead atoms. The lowest BCUT2D eigenvalue weighted by Crippen LogP contribution is -2.46. The first-order valence-electron chi connectivity index (χ1n) is 23.3. The molecule has 3 fully saturated rings. The highest BCUT2D eigenvalue weighted by Gasteiger charge is 2.44. The van der Waals surface area contributed by atoms with Crippen molar-refractivity contribution in [1.29, 1.82) is 0 Å². The minimum atomic E-state index is -0.497. The number of hydrogen-bond donors (Lipinski definition) is 3. The fourth-order valence-electron chi connectivity index (χ4n) is 11.9. The number of nitrogens with one attached hydrogen (secondary N) is 2. The van der Waals surface area contributed by atoms with Gasteiger partial charge in [0.1, 0.15) is 11.6 Å². The smallest absolute Gasteiger partial charge is 0.240 e. The summed E-state index contributed by atoms with van der Waals surface area (Å²) in [6, 6.07) is 15.8. The Kier molecular flexibility index (Phi) is 10.0. The number of fused-ring (bicyclic) bond motifs is 4. The lowest BCUT2D eigenvalue weighted by Gasteiger charge is -2.28. The molecule has 314 valence electrons. The summed E-state index contributed by atoms with van der Waals surface area (Å²) < 4.78 is 0. The number of aromatic amines is 2. The molecule has 3 aliphatic carbocycles. The highest BCUT2D eigenvalue weighted by molar-refractivity contribution is 5.88. The van der Waals surface area contributed by atoms with E-state index in [1.54, 1.807) is 11.1 Å². The van der Waals surface area contributed by atoms with Crippen molar-refractivity contribution in [2.45, 2.75) is 142 Å². The number of hydrogen-bond acceptors (Lipinski definition) is 5. The Morgan fingerprint density at radius 2 is 1.35 bits per heavy atom. The summed E-state index contributed by atoms with van der Waals surface area (Å²) in [5.74, 6) is 2.48. The van der Waals surface area contributed by atoms with E-state index in [4.69, 9.17) is 15.7 Å². The van der Waals surface area contributed by atoms with E-state index in [0.717, 1.165) is 92.8 Å². The quantitative estimate of drug-likeness (QED) is 0.137. The maximum atomic E-state index is 13.5. The molecule has 2 amide bonds. The van der Waals surface area contributed by atoms with Crippen LogP contribution in [0.3, 0.4) is 0 Å². The van der Waals surface area contributed by atoms with Crippen LogP contribution in [0.4, 0.5) is 0 Å². The standard InChI is InChI=1S/C51H63N7O2/c1-29(2)31(5)49(59)57-25-9-13-43(57)47-53-28-42(56-47)38-19-18-36(34-11-8-12-35(34)38)37-17-16-33(45-39(37)21-24-51(45)22-6-7-23-51)32-15-20-40-41(27-32)55-48(54-40)44-14-10-26-58(44)50(60)46(52)30(3)4/h15-20,27-31,43-44,46H,6-14,21-26,52H2,1-5H3,(H,53,56)(H,54,55). The zero-order valence-corrected chi connectivity index (χ0v) is 36.4. The molecule has 0 radical (unpaired) electrons. The van der Waals surface area contributed by atoms with Gasteiger partial charge < -0.3 is 25.5 Å². The van der Waals surface area contributed by atoms with Gasteiger partial charge in [-0.05, 0) is 145 Å². The van der Waals surface area contributed by atoms with Crippen LogP contribution in [0.2, 0.25) is 0 Å². The molecular weight excluding hydrogens is 743 g/mol. The van der Waals surface area contributed by atoms with Gasteiger partial charge in [-0.15, -0.1) is 0 Å². The Morgan fingerprint density at radius 1 is 0.700 bits per heavy atom. The molecule has 1 spiro atoms. The van der Waals surface area contributed by atoms with E-state index in [1.165, 1.54) is 71.0 Å². The number of amides is 2. The summed E-state index contributed by atoms with van der Waals surface area (Å²) >= 11 is 0. The maximum absolute atomic E-state index is 13.5. The molecule has 4 heterocycles. The lowest BCUT2D eigenvalue weighted by atomic mass is 9.76. The normalized spacial score (nSPS) is 21.9. The Hall–Kier alpha value is -4.76. The fraction of sp³-hybridized carbons (Fsp3) is 0.529. The highest BCUT2D eigenvalue weighted by atomic mass is 16.2. The molecule has 4 unspecified atom stereocenters. The number of rotatable bonds is 9. The molecule has 4 atom stereocenters. The van der Waals surface area contributed by atoms with E-state index >= 15 is 0 Å². The summed E-state index contributed by atoms with van der Waals surface area (Å²) in [4.78, 5) is 48.3. The lowest BCUT2D eigenvalue weighted by molar-refractivity contribution is -0.137. The van der Waals surface area contributed by atoms with Crippen LogP contribution in [0.5, 0.6) is 0 Å². The van der Waals surface area contributed by atoms with Crippen LogP contribution in [-0.4, -0.2) is 60.7 Å². The number of benzene rings is 3. The minimum absolute atomic E-state index is 0.00485. The molecule has 4 N–H and O–H groups in total. The first-order valence-corrected chi connectivity index (χ1v) is 23.3. The van der Waals surface area contributed by atoms with Crippen LogP contribution in [0, 0.1) is 17.8 Å². The number of carbonyl (C=O) groups excluding carboxylic acids is 2. The molecule has 5 aromatic rings. The Balaban J connectivity index is 0.988. The zero-order chi connectivity index (χ0) is 41.4. The number of carbonyl (C=O) groups is 2. The Labute approximate surface area is 355 Å². The summed E-state index contributed by atoms with van der Waals surface area (Å²) in [5.41, 5.74) is 22.4. The second kappa shape index (κ2) is 15.3. The van der Waals surface area contributed by atoms with Crippen LogP contribution in [0.25, 0.3) is 44.5 Å². The van der Waals surface area contributed by atoms with Crippen molar-refractivity contribution >= 4 is 22.8 Å². The summed E-state index contributed by atoms with van der Waals surface area (Å²) in [5, 5.41) is 0. The van der Waals surface area contributed by atoms with Crippen molar-refractivity contribution in [1.82, 2.24) is 29.7 Å². The predicted octanol–water partition coefficient (Wildman–Crippen LogP) is 10.1. The first kappa shape index (κ1) is 39.4. The van der Waals surface area contributed by atoms with Gasteiger partial charge in [-0.3, -0.25) is 9.59 Å². The first-order chi connectivity index (χ1) is 29.0. The van der Waals surface area contributed by atoms with E-state index in [0.29, 0.717) is 5.92 Å². The minimum Gasteiger partial charge on any atom is -0.340 e. The number of aromatic nitrogens is 4. The largest absolute Gasteiger partial charge is 0.340 e. The van der Waals surface area contributed by atoms with Gasteiger partial charge in [-0.2, -0.15) is 0 Å². The van der Waals surface area contributed by atoms with Gasteiger partial charge in [0.2, 0.25) is 11.8 Å². The zero-order valence-electron chi connectivity index (χ0n) is 36.4. The van der Waals surface area contributed by atoms with Crippen LogP contribution in [0.15, 0.2) is 48.7 Å². The van der Waals surface area contributed by atoms with Gasteiger partial charge in [0.05, 0.1) is 41.0 Å². The number of likely N-dealkylation sites (tertiary alicyclic amines) is 2. The Morgan fingerprint density at radius 3 is 2.07 bits per heavy atom. The Bertz CT molecular complexity index is 2470. The second-order valence-electron chi connectivity index (χ2n) is 19.7. The molecule has 3 aromatic carbocycles. The van der Waals surface area contributed by atoms with Crippen LogP contribution in [-0.2, 0) is 34.3 Å². The molecule has 2 saturated heterocycles. The van der Waals surface area contributed by atoms with Crippen LogP contribution >= 0.6 is 0 Å². The van der Waals surface area contributed by atoms with Gasteiger partial charge in [-0.25, -0.2) is 9.97 Å². The third-order valence-corrected chi connectivity index (χ3v) is 15.6. The van der Waals surface area contributed by atoms with Gasteiger partial charge in [0.15, 0.2) is 0 Å². The molecular formula is C51H63N7O2. The van der Waals surface area contributed by atoms with Crippen molar-refractivity contribution in [3.63, 3.8) is 0 Å². The fourth-order valence-corrected chi connectivity index (χ4v) is 11.9. The predicted molar refractivity (Wildman–Crippen MR) is 239 cm³/mol. The SMILES string of the molecule is CC(C)C(C)C(=O)N1CCCC1c1ncc(-c2ccc(-c3ccc(-c4ccc5nc(C6CCCN6C(=O)C(N)C(C)C)[nH]c5c4)c4c3CCC43CCCC3)c3c2CCC3)[nH]1. The monoisotopic (exact) mass is 806 g/mol. The summed E-state index contributed by atoms with van der Waals surface area (Å²) in [6.45, 7) is 11.9. The van der Waals surface area contributed by atoms with E-state index in [9.17, 15) is 9.59 Å². The molecule has 2 aliphatic heterocycles. The number of imidazole rings is 2. The molecule has 2 aromatic heterocycles. The van der Waals surface area contributed by atoms with Crippen molar-refractivity contribution in [2.75, 3.05) is 13.1 Å². The number of nitrogens with two attached hydrogens (primary N) is 1. The second-order valence-corrected chi connectivity index (χ2v) is 19.7. The molecule has 10 rings (SSSR count). The third-order valence-electron chi connectivity index (χ3n) is 15.6. The van der Waals surface area contributed by atoms with Gasteiger partial charge in [0.25, 0.3) is 0 Å². The van der Waals surface area contributed by atoms with E-state index in [1.807, 2.05) is 24.9 Å². The van der Waals surface area contributed by atoms with Crippen molar-refractivity contribution in [3.8, 4) is 33.5 Å².